The fourth-order valence-corrected chi connectivity index (χ4v) is 6.57. The summed E-state index contributed by atoms with van der Waals surface area (Å²) < 4.78 is 2.13. The lowest BCUT2D eigenvalue weighted by molar-refractivity contribution is 1.09. The zero-order valence-corrected chi connectivity index (χ0v) is 26.6. The van der Waals surface area contributed by atoms with Crippen molar-refractivity contribution in [3.8, 4) is 61.8 Å². The van der Waals surface area contributed by atoms with Gasteiger partial charge in [-0.15, -0.1) is 0 Å². The molecule has 0 bridgehead atoms. The van der Waals surface area contributed by atoms with Gasteiger partial charge in [-0.1, -0.05) is 140 Å². The van der Waals surface area contributed by atoms with E-state index in [0.29, 0.717) is 5.82 Å². The van der Waals surface area contributed by atoms with Crippen LogP contribution < -0.4 is 0 Å². The fraction of sp³-hybridized carbons (Fsp3) is 0. The first-order chi connectivity index (χ1) is 24.3. The van der Waals surface area contributed by atoms with Gasteiger partial charge in [0.05, 0.1) is 22.4 Å². The maximum atomic E-state index is 5.02. The minimum absolute atomic E-state index is 0.707. The number of imidazole rings is 1. The fourth-order valence-electron chi connectivity index (χ4n) is 6.57. The molecule has 0 radical (unpaired) electrons. The molecule has 4 nitrogen and oxygen atoms in total. The van der Waals surface area contributed by atoms with E-state index in [0.717, 1.165) is 50.4 Å². The van der Waals surface area contributed by atoms with Gasteiger partial charge in [0.25, 0.3) is 0 Å². The molecule has 0 unspecified atom stereocenters. The largest absolute Gasteiger partial charge is 0.299 e. The number of para-hydroxylation sites is 2. The molecule has 7 aromatic carbocycles. The first-order valence-corrected chi connectivity index (χ1v) is 16.4. The van der Waals surface area contributed by atoms with E-state index in [4.69, 9.17) is 9.97 Å². The second-order valence-corrected chi connectivity index (χ2v) is 12.2. The van der Waals surface area contributed by atoms with E-state index in [2.05, 4.69) is 131 Å². The van der Waals surface area contributed by atoms with Crippen molar-refractivity contribution in [2.75, 3.05) is 0 Å². The lowest BCUT2D eigenvalue weighted by Crippen LogP contribution is -1.96. The molecule has 2 heterocycles. The van der Waals surface area contributed by atoms with Crippen molar-refractivity contribution in [2.24, 2.45) is 0 Å². The number of rotatable bonds is 6. The van der Waals surface area contributed by atoms with E-state index in [-0.39, 0.29) is 0 Å². The Labute approximate surface area is 284 Å². The Morgan fingerprint density at radius 1 is 0.408 bits per heavy atom. The highest BCUT2D eigenvalue weighted by Gasteiger charge is 2.12. The molecule has 9 aromatic rings. The van der Waals surface area contributed by atoms with Crippen molar-refractivity contribution in [2.45, 2.75) is 0 Å². The van der Waals surface area contributed by atoms with Crippen LogP contribution in [-0.2, 0) is 0 Å². The van der Waals surface area contributed by atoms with E-state index in [9.17, 15) is 0 Å². The molecule has 0 N–H and O–H groups in total. The molecule has 0 spiro atoms. The SMILES string of the molecule is c1ccc(-c2cc(-c3ccccc3)nc(-c3ccc(-c4cccc5ccc(-c6ccc(-n7cnc8ccccc87)cc6)cc45)cc3)n2)cc1. The van der Waals surface area contributed by atoms with Gasteiger partial charge >= 0.3 is 0 Å². The summed E-state index contributed by atoms with van der Waals surface area (Å²) in [5.41, 5.74) is 12.8. The molecule has 0 saturated carbocycles. The summed E-state index contributed by atoms with van der Waals surface area (Å²) in [7, 11) is 0. The molecule has 0 fully saturated rings. The van der Waals surface area contributed by atoms with Crippen LogP contribution in [0.2, 0.25) is 0 Å². The van der Waals surface area contributed by atoms with Crippen molar-refractivity contribution in [1.29, 1.82) is 0 Å². The average molecular weight is 627 g/mol. The zero-order valence-electron chi connectivity index (χ0n) is 26.6. The van der Waals surface area contributed by atoms with Gasteiger partial charge in [0.2, 0.25) is 0 Å². The molecule has 49 heavy (non-hydrogen) atoms. The summed E-state index contributed by atoms with van der Waals surface area (Å²) in [6.45, 7) is 0. The van der Waals surface area contributed by atoms with Crippen LogP contribution in [-0.4, -0.2) is 19.5 Å². The number of nitrogens with zero attached hydrogens (tertiary/aromatic N) is 4. The second-order valence-electron chi connectivity index (χ2n) is 12.2. The molecule has 0 atom stereocenters. The quantitative estimate of drug-likeness (QED) is 0.184. The Kier molecular flexibility index (Phi) is 7.10. The lowest BCUT2D eigenvalue weighted by Gasteiger charge is -2.12. The average Bonchev–Trinajstić information content (AvgIpc) is 3.62. The maximum Gasteiger partial charge on any atom is 0.160 e. The van der Waals surface area contributed by atoms with Crippen LogP contribution in [0, 0.1) is 0 Å². The normalized spacial score (nSPS) is 11.3. The van der Waals surface area contributed by atoms with Gasteiger partial charge in [-0.3, -0.25) is 4.57 Å². The summed E-state index contributed by atoms with van der Waals surface area (Å²) in [6, 6.07) is 61.5. The van der Waals surface area contributed by atoms with Gasteiger partial charge in [0.15, 0.2) is 5.82 Å². The van der Waals surface area contributed by atoms with Gasteiger partial charge in [0, 0.05) is 22.4 Å². The van der Waals surface area contributed by atoms with E-state index >= 15 is 0 Å². The molecule has 0 amide bonds. The van der Waals surface area contributed by atoms with Crippen LogP contribution in [0.5, 0.6) is 0 Å². The third-order valence-corrected chi connectivity index (χ3v) is 9.13. The predicted octanol–water partition coefficient (Wildman–Crippen LogP) is 11.3. The number of benzene rings is 7. The Bertz CT molecular complexity index is 2510. The number of hydrogen-bond acceptors (Lipinski definition) is 3. The number of aromatic nitrogens is 4. The van der Waals surface area contributed by atoms with E-state index < -0.39 is 0 Å². The van der Waals surface area contributed by atoms with Crippen LogP contribution in [0.4, 0.5) is 0 Å². The minimum Gasteiger partial charge on any atom is -0.299 e. The Hall–Kier alpha value is -6.65. The van der Waals surface area contributed by atoms with Crippen LogP contribution in [0.1, 0.15) is 0 Å². The third-order valence-electron chi connectivity index (χ3n) is 9.13. The van der Waals surface area contributed by atoms with Crippen LogP contribution >= 0.6 is 0 Å². The summed E-state index contributed by atoms with van der Waals surface area (Å²) >= 11 is 0. The Morgan fingerprint density at radius 2 is 1.02 bits per heavy atom. The van der Waals surface area contributed by atoms with E-state index in [1.54, 1.807) is 0 Å². The first-order valence-electron chi connectivity index (χ1n) is 16.4. The Morgan fingerprint density at radius 3 is 1.73 bits per heavy atom. The summed E-state index contributed by atoms with van der Waals surface area (Å²) in [5.74, 6) is 0.707. The van der Waals surface area contributed by atoms with Gasteiger partial charge in [-0.05, 0) is 69.4 Å². The lowest BCUT2D eigenvalue weighted by atomic mass is 9.94. The van der Waals surface area contributed by atoms with E-state index in [1.807, 2.05) is 60.9 Å². The highest BCUT2D eigenvalue weighted by Crippen LogP contribution is 2.34. The van der Waals surface area contributed by atoms with Crippen LogP contribution in [0.15, 0.2) is 182 Å². The molecule has 0 aliphatic heterocycles. The van der Waals surface area contributed by atoms with Crippen molar-refractivity contribution in [3.05, 3.63) is 182 Å². The van der Waals surface area contributed by atoms with Gasteiger partial charge in [-0.25, -0.2) is 15.0 Å². The van der Waals surface area contributed by atoms with Crippen molar-refractivity contribution >= 4 is 21.8 Å². The monoisotopic (exact) mass is 626 g/mol. The van der Waals surface area contributed by atoms with Gasteiger partial charge in [0.1, 0.15) is 6.33 Å². The molecule has 0 aliphatic rings. The number of hydrogen-bond donors (Lipinski definition) is 0. The molecule has 0 aliphatic carbocycles. The molecule has 9 rings (SSSR count). The van der Waals surface area contributed by atoms with Crippen molar-refractivity contribution < 1.29 is 0 Å². The van der Waals surface area contributed by atoms with Crippen molar-refractivity contribution in [3.63, 3.8) is 0 Å². The third kappa shape index (κ3) is 5.45. The zero-order chi connectivity index (χ0) is 32.6. The standard InChI is InChI=1S/C45H30N4/c1-3-10-34(11-4-1)42-29-43(35-12-5-2-6-13-35)48-45(47-42)36-21-18-33(19-22-36)39-15-9-14-32-20-23-37(28-40(32)39)31-24-26-38(27-25-31)49-30-46-41-16-7-8-17-44(41)49/h1-30H. The topological polar surface area (TPSA) is 43.6 Å². The van der Waals surface area contributed by atoms with Crippen molar-refractivity contribution in [1.82, 2.24) is 19.5 Å². The molecular formula is C45H30N4. The predicted molar refractivity (Wildman–Crippen MR) is 201 cm³/mol. The smallest absolute Gasteiger partial charge is 0.160 e. The van der Waals surface area contributed by atoms with Crippen LogP contribution in [0.25, 0.3) is 83.6 Å². The minimum atomic E-state index is 0.707. The second kappa shape index (κ2) is 12.2. The summed E-state index contributed by atoms with van der Waals surface area (Å²) in [5, 5.41) is 2.42. The molecule has 4 heteroatoms. The first kappa shape index (κ1) is 28.6. The molecular weight excluding hydrogens is 597 g/mol. The summed E-state index contributed by atoms with van der Waals surface area (Å²) in [4.78, 5) is 14.6. The molecule has 2 aromatic heterocycles. The van der Waals surface area contributed by atoms with Gasteiger partial charge in [-0.2, -0.15) is 0 Å². The number of fused-ring (bicyclic) bond motifs is 2. The Balaban J connectivity index is 1.06. The molecule has 0 saturated heterocycles. The van der Waals surface area contributed by atoms with Crippen LogP contribution in [0.3, 0.4) is 0 Å². The highest BCUT2D eigenvalue weighted by atomic mass is 15.0. The summed E-state index contributed by atoms with van der Waals surface area (Å²) in [6.07, 6.45) is 1.89. The highest BCUT2D eigenvalue weighted by molar-refractivity contribution is 5.99. The maximum absolute atomic E-state index is 5.02. The van der Waals surface area contributed by atoms with E-state index in [1.165, 1.54) is 27.5 Å². The van der Waals surface area contributed by atoms with Gasteiger partial charge < -0.3 is 0 Å². The molecule has 230 valence electrons.